The van der Waals surface area contributed by atoms with Crippen molar-refractivity contribution in [3.05, 3.63) is 41.8 Å². The van der Waals surface area contributed by atoms with E-state index in [2.05, 4.69) is 4.98 Å². The maximum atomic E-state index is 13.3. The normalized spacial score (nSPS) is 22.0. The number of amides is 1. The predicted octanol–water partition coefficient (Wildman–Crippen LogP) is 2.62. The molecule has 0 spiro atoms. The average Bonchev–Trinajstić information content (AvgIpc) is 3.38. The molecule has 2 fully saturated rings. The van der Waals surface area contributed by atoms with Crippen LogP contribution in [0.15, 0.2) is 30.5 Å². The van der Waals surface area contributed by atoms with E-state index in [1.165, 1.54) is 25.0 Å². The van der Waals surface area contributed by atoms with Gasteiger partial charge in [-0.15, -0.1) is 0 Å². The number of carbonyl (C=O) groups is 1. The van der Waals surface area contributed by atoms with Gasteiger partial charge in [0, 0.05) is 24.7 Å². The van der Waals surface area contributed by atoms with Crippen LogP contribution in [0.1, 0.15) is 23.2 Å². The molecule has 4 rings (SSSR count). The smallest absolute Gasteiger partial charge is 0.255 e. The number of benzene rings is 1. The predicted molar refractivity (Wildman–Crippen MR) is 80.1 cm³/mol. The molecule has 0 N–H and O–H groups in total. The van der Waals surface area contributed by atoms with Crippen molar-refractivity contribution in [1.29, 1.82) is 0 Å². The van der Waals surface area contributed by atoms with E-state index in [0.29, 0.717) is 42.1 Å². The first-order chi connectivity index (χ1) is 10.7. The van der Waals surface area contributed by atoms with E-state index in [4.69, 9.17) is 4.74 Å². The van der Waals surface area contributed by atoms with Crippen LogP contribution < -0.4 is 0 Å². The van der Waals surface area contributed by atoms with Crippen molar-refractivity contribution in [2.75, 3.05) is 19.7 Å². The Morgan fingerprint density at radius 1 is 1.32 bits per heavy atom. The lowest BCUT2D eigenvalue weighted by atomic mass is 10.1. The van der Waals surface area contributed by atoms with Crippen LogP contribution in [0.25, 0.3) is 10.9 Å². The van der Waals surface area contributed by atoms with Crippen LogP contribution in [0, 0.1) is 11.7 Å². The minimum atomic E-state index is -0.320. The lowest BCUT2D eigenvalue weighted by molar-refractivity contribution is -0.0313. The van der Waals surface area contributed by atoms with Crippen molar-refractivity contribution in [3.8, 4) is 0 Å². The molecule has 1 aliphatic carbocycles. The minimum absolute atomic E-state index is 0.0485. The molecule has 1 aromatic heterocycles. The highest BCUT2D eigenvalue weighted by Gasteiger charge is 2.36. The highest BCUT2D eigenvalue weighted by Crippen LogP contribution is 2.35. The second kappa shape index (κ2) is 5.32. The topological polar surface area (TPSA) is 42.4 Å². The van der Waals surface area contributed by atoms with E-state index >= 15 is 0 Å². The summed E-state index contributed by atoms with van der Waals surface area (Å²) in [6, 6.07) is 6.12. The number of aromatic nitrogens is 1. The van der Waals surface area contributed by atoms with Gasteiger partial charge in [0.1, 0.15) is 5.82 Å². The van der Waals surface area contributed by atoms with Gasteiger partial charge >= 0.3 is 0 Å². The van der Waals surface area contributed by atoms with Crippen LogP contribution >= 0.6 is 0 Å². The van der Waals surface area contributed by atoms with Gasteiger partial charge in [-0.05, 0) is 43.0 Å². The number of carbonyl (C=O) groups excluding carboxylic acids is 1. The van der Waals surface area contributed by atoms with E-state index < -0.39 is 0 Å². The van der Waals surface area contributed by atoms with Gasteiger partial charge in [-0.1, -0.05) is 0 Å². The molecule has 1 unspecified atom stereocenters. The van der Waals surface area contributed by atoms with Gasteiger partial charge in [0.05, 0.1) is 23.8 Å². The Hall–Kier alpha value is -2.01. The van der Waals surface area contributed by atoms with Crippen LogP contribution in [0.2, 0.25) is 0 Å². The number of fused-ring (bicyclic) bond motifs is 1. The molecule has 114 valence electrons. The number of ether oxygens (including phenoxy) is 1. The molecule has 5 heteroatoms. The fraction of sp³-hybridized carbons (Fsp3) is 0.412. The number of hydrogen-bond acceptors (Lipinski definition) is 3. The number of rotatable bonds is 2. The van der Waals surface area contributed by atoms with Crippen LogP contribution in [0.4, 0.5) is 4.39 Å². The maximum absolute atomic E-state index is 13.3. The zero-order chi connectivity index (χ0) is 15.1. The molecule has 0 radical (unpaired) electrons. The van der Waals surface area contributed by atoms with Crippen molar-refractivity contribution >= 4 is 16.8 Å². The van der Waals surface area contributed by atoms with Gasteiger partial charge in [0.2, 0.25) is 0 Å². The van der Waals surface area contributed by atoms with Crippen molar-refractivity contribution in [1.82, 2.24) is 9.88 Å². The summed E-state index contributed by atoms with van der Waals surface area (Å²) in [5.41, 5.74) is 1.20. The molecule has 2 aliphatic rings. The van der Waals surface area contributed by atoms with E-state index in [1.54, 1.807) is 18.3 Å². The molecule has 1 saturated carbocycles. The molecule has 1 aromatic carbocycles. The molecule has 1 aliphatic heterocycles. The molecule has 1 saturated heterocycles. The van der Waals surface area contributed by atoms with E-state index in [0.717, 1.165) is 0 Å². The molecular weight excluding hydrogens is 283 g/mol. The molecule has 1 atom stereocenters. The van der Waals surface area contributed by atoms with Gasteiger partial charge in [0.15, 0.2) is 0 Å². The Labute approximate surface area is 127 Å². The summed E-state index contributed by atoms with van der Waals surface area (Å²) in [5, 5.41) is 0.651. The van der Waals surface area contributed by atoms with Crippen LogP contribution in [-0.2, 0) is 4.74 Å². The standard InChI is InChI=1S/C17H17FN2O2/c18-14-3-4-15-12(8-14)7-13(9-19-15)17(21)20-5-6-22-16(10-20)11-1-2-11/h3-4,7-9,11,16H,1-2,5-6,10H2. The summed E-state index contributed by atoms with van der Waals surface area (Å²) in [5.74, 6) is 0.242. The molecule has 2 aromatic rings. The van der Waals surface area contributed by atoms with Crippen molar-refractivity contribution < 1.29 is 13.9 Å². The Bertz CT molecular complexity index is 730. The van der Waals surface area contributed by atoms with Gasteiger partial charge < -0.3 is 9.64 Å². The SMILES string of the molecule is O=C(c1cnc2ccc(F)cc2c1)N1CCOC(C2CC2)C1. The van der Waals surface area contributed by atoms with Crippen molar-refractivity contribution in [2.24, 2.45) is 5.92 Å². The molecular formula is C17H17FN2O2. The van der Waals surface area contributed by atoms with Crippen LogP contribution in [-0.4, -0.2) is 41.6 Å². The second-order valence-corrected chi connectivity index (χ2v) is 6.06. The van der Waals surface area contributed by atoms with Crippen molar-refractivity contribution in [3.63, 3.8) is 0 Å². The van der Waals surface area contributed by atoms with Gasteiger partial charge in [-0.25, -0.2) is 4.39 Å². The summed E-state index contributed by atoms with van der Waals surface area (Å²) in [4.78, 5) is 18.7. The lowest BCUT2D eigenvalue weighted by Gasteiger charge is -2.33. The third-order valence-electron chi connectivity index (χ3n) is 4.42. The van der Waals surface area contributed by atoms with Gasteiger partial charge in [0.25, 0.3) is 5.91 Å². The number of hydrogen-bond donors (Lipinski definition) is 0. The zero-order valence-corrected chi connectivity index (χ0v) is 12.2. The maximum Gasteiger partial charge on any atom is 0.255 e. The Kier molecular flexibility index (Phi) is 3.30. The molecule has 0 bridgehead atoms. The third-order valence-corrected chi connectivity index (χ3v) is 4.42. The summed E-state index contributed by atoms with van der Waals surface area (Å²) in [7, 11) is 0. The van der Waals surface area contributed by atoms with Crippen molar-refractivity contribution in [2.45, 2.75) is 18.9 Å². The quantitative estimate of drug-likeness (QED) is 0.856. The number of morpholine rings is 1. The molecule has 22 heavy (non-hydrogen) atoms. The molecule has 2 heterocycles. The highest BCUT2D eigenvalue weighted by atomic mass is 19.1. The second-order valence-electron chi connectivity index (χ2n) is 6.06. The summed E-state index contributed by atoms with van der Waals surface area (Å²) in [6.45, 7) is 1.83. The van der Waals surface area contributed by atoms with E-state index in [1.807, 2.05) is 4.90 Å². The van der Waals surface area contributed by atoms with E-state index in [9.17, 15) is 9.18 Å². The summed E-state index contributed by atoms with van der Waals surface area (Å²) >= 11 is 0. The monoisotopic (exact) mass is 300 g/mol. The zero-order valence-electron chi connectivity index (χ0n) is 12.2. The number of halogens is 1. The van der Waals surface area contributed by atoms with Crippen LogP contribution in [0.3, 0.4) is 0 Å². The molecule has 4 nitrogen and oxygen atoms in total. The van der Waals surface area contributed by atoms with Gasteiger partial charge in [-0.2, -0.15) is 0 Å². The summed E-state index contributed by atoms with van der Waals surface area (Å²) < 4.78 is 19.1. The Balaban J connectivity index is 1.58. The fourth-order valence-corrected chi connectivity index (χ4v) is 3.02. The lowest BCUT2D eigenvalue weighted by Crippen LogP contribution is -2.46. The van der Waals surface area contributed by atoms with Crippen LogP contribution in [0.5, 0.6) is 0 Å². The van der Waals surface area contributed by atoms with Gasteiger partial charge in [-0.3, -0.25) is 9.78 Å². The number of nitrogens with zero attached hydrogens (tertiary/aromatic N) is 2. The highest BCUT2D eigenvalue weighted by molar-refractivity contribution is 5.97. The third kappa shape index (κ3) is 2.57. The van der Waals surface area contributed by atoms with E-state index in [-0.39, 0.29) is 17.8 Å². The Morgan fingerprint density at radius 3 is 3.00 bits per heavy atom. The number of pyridine rings is 1. The molecule has 1 amide bonds. The summed E-state index contributed by atoms with van der Waals surface area (Å²) in [6.07, 6.45) is 4.14. The first-order valence-electron chi connectivity index (χ1n) is 7.67. The first kappa shape index (κ1) is 13.6. The largest absolute Gasteiger partial charge is 0.374 e. The fourth-order valence-electron chi connectivity index (χ4n) is 3.02. The first-order valence-corrected chi connectivity index (χ1v) is 7.67. The average molecular weight is 300 g/mol. The minimum Gasteiger partial charge on any atom is -0.374 e. The Morgan fingerprint density at radius 2 is 2.18 bits per heavy atom.